The molecule has 0 amide bonds. The number of rotatable bonds is 1. The summed E-state index contributed by atoms with van der Waals surface area (Å²) in [5, 5.41) is 14.9. The molecule has 0 aliphatic carbocycles. The zero-order valence-corrected chi connectivity index (χ0v) is 5.55. The van der Waals surface area contributed by atoms with Gasteiger partial charge in [-0.1, -0.05) is 0 Å². The van der Waals surface area contributed by atoms with Gasteiger partial charge in [0.05, 0.1) is 0 Å². The molecule has 2 bridgehead atoms. The van der Waals surface area contributed by atoms with E-state index in [1.54, 1.807) is 0 Å². The number of carboxylic acid groups (broad SMARTS) is 1. The average Bonchev–Trinajstić information content (AvgIpc) is 2.45. The Kier molecular flexibility index (Phi) is 1.04. The minimum atomic E-state index is -0.722. The molecule has 1 unspecified atom stereocenters. The highest BCUT2D eigenvalue weighted by Gasteiger charge is 2.50. The van der Waals surface area contributed by atoms with Crippen molar-refractivity contribution in [1.82, 2.24) is 10.6 Å². The molecule has 4 nitrogen and oxygen atoms in total. The van der Waals surface area contributed by atoms with Crippen LogP contribution in [0.15, 0.2) is 0 Å². The van der Waals surface area contributed by atoms with Gasteiger partial charge in [0.15, 0.2) is 0 Å². The van der Waals surface area contributed by atoms with Gasteiger partial charge in [-0.15, -0.1) is 0 Å². The van der Waals surface area contributed by atoms with Crippen LogP contribution >= 0.6 is 0 Å². The van der Waals surface area contributed by atoms with Crippen molar-refractivity contribution in [3.8, 4) is 0 Å². The number of hydrogen-bond acceptors (Lipinski definition) is 3. The lowest BCUT2D eigenvalue weighted by Crippen LogP contribution is -2.54. The van der Waals surface area contributed by atoms with E-state index in [2.05, 4.69) is 10.6 Å². The first-order chi connectivity index (χ1) is 4.73. The molecule has 0 aromatic carbocycles. The summed E-state index contributed by atoms with van der Waals surface area (Å²) in [6.45, 7) is 1.37. The lowest BCUT2D eigenvalue weighted by Gasteiger charge is -2.22. The fourth-order valence-corrected chi connectivity index (χ4v) is 1.72. The molecule has 2 aliphatic rings. The summed E-state index contributed by atoms with van der Waals surface area (Å²) in [5.74, 6) is -0.722. The molecule has 56 valence electrons. The van der Waals surface area contributed by atoms with Crippen molar-refractivity contribution < 1.29 is 9.90 Å². The zero-order valence-electron chi connectivity index (χ0n) is 5.55. The second-order valence-electron chi connectivity index (χ2n) is 3.05. The van der Waals surface area contributed by atoms with Gasteiger partial charge in [-0.2, -0.15) is 0 Å². The van der Waals surface area contributed by atoms with E-state index in [0.29, 0.717) is 12.6 Å². The third-order valence-corrected chi connectivity index (χ3v) is 2.38. The number of fused-ring (bicyclic) bond motifs is 2. The van der Waals surface area contributed by atoms with Crippen molar-refractivity contribution in [2.75, 3.05) is 13.1 Å². The van der Waals surface area contributed by atoms with Crippen LogP contribution in [0.4, 0.5) is 0 Å². The van der Waals surface area contributed by atoms with Crippen LogP contribution in [0.5, 0.6) is 0 Å². The van der Waals surface area contributed by atoms with Crippen molar-refractivity contribution in [3.63, 3.8) is 0 Å². The first-order valence-electron chi connectivity index (χ1n) is 3.45. The van der Waals surface area contributed by atoms with Crippen LogP contribution in [-0.4, -0.2) is 35.7 Å². The average molecular weight is 142 g/mol. The topological polar surface area (TPSA) is 61.4 Å². The van der Waals surface area contributed by atoms with Gasteiger partial charge in [-0.05, 0) is 6.42 Å². The zero-order chi connectivity index (χ0) is 7.19. The van der Waals surface area contributed by atoms with Crippen molar-refractivity contribution in [1.29, 1.82) is 0 Å². The SMILES string of the molecule is O=C(O)[C@@]12CNC(CN1)C2. The molecule has 2 saturated heterocycles. The Hall–Kier alpha value is -0.610. The molecule has 0 aromatic rings. The smallest absolute Gasteiger partial charge is 0.325 e. The number of carboxylic acids is 1. The molecule has 0 aromatic heterocycles. The largest absolute Gasteiger partial charge is 0.480 e. The molecule has 4 heteroatoms. The predicted molar refractivity (Wildman–Crippen MR) is 34.8 cm³/mol. The highest BCUT2D eigenvalue weighted by Crippen LogP contribution is 2.25. The number of nitrogens with one attached hydrogen (secondary N) is 2. The summed E-state index contributed by atoms with van der Waals surface area (Å²) >= 11 is 0. The monoisotopic (exact) mass is 142 g/mol. The molecule has 2 aliphatic heterocycles. The Morgan fingerprint density at radius 1 is 1.70 bits per heavy atom. The quantitative estimate of drug-likeness (QED) is 0.429. The lowest BCUT2D eigenvalue weighted by atomic mass is 10.0. The minimum absolute atomic E-state index is 0.385. The van der Waals surface area contributed by atoms with Crippen molar-refractivity contribution in [2.45, 2.75) is 18.0 Å². The Bertz CT molecular complexity index is 173. The minimum Gasteiger partial charge on any atom is -0.480 e. The molecule has 0 saturated carbocycles. The van der Waals surface area contributed by atoms with Crippen LogP contribution in [0.2, 0.25) is 0 Å². The van der Waals surface area contributed by atoms with Gasteiger partial charge in [0.1, 0.15) is 5.54 Å². The third-order valence-electron chi connectivity index (χ3n) is 2.38. The van der Waals surface area contributed by atoms with Crippen molar-refractivity contribution in [3.05, 3.63) is 0 Å². The van der Waals surface area contributed by atoms with E-state index in [4.69, 9.17) is 5.11 Å². The summed E-state index contributed by atoms with van der Waals surface area (Å²) in [7, 11) is 0. The van der Waals surface area contributed by atoms with Crippen LogP contribution in [0, 0.1) is 0 Å². The summed E-state index contributed by atoms with van der Waals surface area (Å²) < 4.78 is 0. The number of aliphatic carboxylic acids is 1. The highest BCUT2D eigenvalue weighted by atomic mass is 16.4. The number of hydrogen-bond donors (Lipinski definition) is 3. The first-order valence-corrected chi connectivity index (χ1v) is 3.45. The summed E-state index contributed by atoms with van der Waals surface area (Å²) in [6.07, 6.45) is 0.738. The van der Waals surface area contributed by atoms with Gasteiger partial charge < -0.3 is 10.4 Å². The maximum absolute atomic E-state index is 10.7. The van der Waals surface area contributed by atoms with Crippen LogP contribution < -0.4 is 10.6 Å². The van der Waals surface area contributed by atoms with Gasteiger partial charge in [-0.3, -0.25) is 10.1 Å². The van der Waals surface area contributed by atoms with E-state index in [1.807, 2.05) is 0 Å². The van der Waals surface area contributed by atoms with Gasteiger partial charge in [0.2, 0.25) is 0 Å². The molecular formula is C6H10N2O2. The molecule has 0 spiro atoms. The normalized spacial score (nSPS) is 44.2. The third kappa shape index (κ3) is 0.602. The molecule has 10 heavy (non-hydrogen) atoms. The molecule has 0 radical (unpaired) electrons. The molecule has 2 heterocycles. The number of piperazine rings is 1. The van der Waals surface area contributed by atoms with Crippen LogP contribution in [0.1, 0.15) is 6.42 Å². The van der Waals surface area contributed by atoms with Crippen molar-refractivity contribution in [2.24, 2.45) is 0 Å². The number of carbonyl (C=O) groups is 1. The van der Waals surface area contributed by atoms with Gasteiger partial charge in [0.25, 0.3) is 0 Å². The lowest BCUT2D eigenvalue weighted by molar-refractivity contribution is -0.143. The van der Waals surface area contributed by atoms with Gasteiger partial charge in [-0.25, -0.2) is 0 Å². The maximum Gasteiger partial charge on any atom is 0.325 e. The van der Waals surface area contributed by atoms with E-state index in [-0.39, 0.29) is 0 Å². The Balaban J connectivity index is 2.23. The summed E-state index contributed by atoms with van der Waals surface area (Å²) in [4.78, 5) is 10.7. The van der Waals surface area contributed by atoms with Gasteiger partial charge in [0, 0.05) is 19.1 Å². The van der Waals surface area contributed by atoms with Crippen LogP contribution in [0.3, 0.4) is 0 Å². The molecule has 2 rings (SSSR count). The summed E-state index contributed by atoms with van der Waals surface area (Å²) in [5.41, 5.74) is -0.634. The Morgan fingerprint density at radius 2 is 2.50 bits per heavy atom. The first kappa shape index (κ1) is 6.12. The van der Waals surface area contributed by atoms with Crippen LogP contribution in [0.25, 0.3) is 0 Å². The maximum atomic E-state index is 10.7. The Labute approximate surface area is 58.6 Å². The highest BCUT2D eigenvalue weighted by molar-refractivity contribution is 5.80. The van der Waals surface area contributed by atoms with E-state index in [9.17, 15) is 4.79 Å². The molecule has 2 atom stereocenters. The Morgan fingerprint density at radius 3 is 2.70 bits per heavy atom. The van der Waals surface area contributed by atoms with E-state index in [1.165, 1.54) is 0 Å². The fourth-order valence-electron chi connectivity index (χ4n) is 1.72. The van der Waals surface area contributed by atoms with E-state index < -0.39 is 11.5 Å². The van der Waals surface area contributed by atoms with Crippen LogP contribution in [-0.2, 0) is 4.79 Å². The van der Waals surface area contributed by atoms with E-state index in [0.717, 1.165) is 13.0 Å². The standard InChI is InChI=1S/C6H10N2O2/c9-5(10)6-1-4(2-8-6)7-3-6/h4,7-8H,1-3H2,(H,9,10)/t4?,6-/m1/s1. The summed E-state index contributed by atoms with van der Waals surface area (Å²) in [6, 6.07) is 0.385. The second-order valence-corrected chi connectivity index (χ2v) is 3.05. The predicted octanol–water partition coefficient (Wildman–Crippen LogP) is -1.23. The van der Waals surface area contributed by atoms with E-state index >= 15 is 0 Å². The molecule has 3 N–H and O–H groups in total. The van der Waals surface area contributed by atoms with Crippen molar-refractivity contribution >= 4 is 5.97 Å². The molecule has 2 fully saturated rings. The molecular weight excluding hydrogens is 132 g/mol. The fraction of sp³-hybridized carbons (Fsp3) is 0.833. The second kappa shape index (κ2) is 1.71. The van der Waals surface area contributed by atoms with Gasteiger partial charge >= 0.3 is 5.97 Å².